The molecule has 0 atom stereocenters. The van der Waals surface area contributed by atoms with Crippen molar-refractivity contribution in [2.45, 2.75) is 32.1 Å². The van der Waals surface area contributed by atoms with Crippen molar-refractivity contribution in [3.8, 4) is 0 Å². The number of hydrogen-bond acceptors (Lipinski definition) is 5. The van der Waals surface area contributed by atoms with Gasteiger partial charge in [0.2, 0.25) is 0 Å². The number of nitrogens with one attached hydrogen (secondary N) is 1. The van der Waals surface area contributed by atoms with Gasteiger partial charge in [-0.05, 0) is 61.6 Å². The van der Waals surface area contributed by atoms with Crippen LogP contribution in [0.5, 0.6) is 0 Å². The zero-order valence-corrected chi connectivity index (χ0v) is 18.4. The Morgan fingerprint density at radius 3 is 2.41 bits per heavy atom. The monoisotopic (exact) mass is 441 g/mol. The molecule has 1 amide bonds. The van der Waals surface area contributed by atoms with Gasteiger partial charge >= 0.3 is 0 Å². The first-order valence-electron chi connectivity index (χ1n) is 10.8. The van der Waals surface area contributed by atoms with E-state index in [1.54, 1.807) is 36.4 Å². The summed E-state index contributed by atoms with van der Waals surface area (Å²) < 4.78 is 0. The van der Waals surface area contributed by atoms with E-state index in [9.17, 15) is 9.59 Å². The number of nitrogen functional groups attached to an aromatic ring is 1. The minimum absolute atomic E-state index is 0.0527. The minimum Gasteiger partial charge on any atom is -0.397 e. The van der Waals surface area contributed by atoms with Crippen LogP contribution in [0.1, 0.15) is 56.1 Å². The number of aromatic nitrogens is 1. The molecule has 0 fully saturated rings. The fraction of sp³-hybridized carbons (Fsp3) is 0.192. The number of pyridine rings is 1. The van der Waals surface area contributed by atoms with Crippen molar-refractivity contribution in [1.82, 2.24) is 4.98 Å². The van der Waals surface area contributed by atoms with Crippen LogP contribution in [-0.4, -0.2) is 16.7 Å². The fourth-order valence-electron chi connectivity index (χ4n) is 4.15. The highest BCUT2D eigenvalue weighted by molar-refractivity contribution is 7.21. The first kappa shape index (κ1) is 20.4. The van der Waals surface area contributed by atoms with Crippen LogP contribution < -0.4 is 11.1 Å². The molecule has 2 aromatic heterocycles. The molecule has 1 aliphatic carbocycles. The van der Waals surface area contributed by atoms with E-state index in [1.807, 2.05) is 18.2 Å². The number of rotatable bonds is 4. The number of nitrogens with two attached hydrogens (primary N) is 1. The molecule has 0 bridgehead atoms. The van der Waals surface area contributed by atoms with Crippen molar-refractivity contribution >= 4 is 44.6 Å². The van der Waals surface area contributed by atoms with Crippen LogP contribution in [0.3, 0.4) is 0 Å². The van der Waals surface area contributed by atoms with Crippen molar-refractivity contribution in [3.63, 3.8) is 0 Å². The Balaban J connectivity index is 1.37. The van der Waals surface area contributed by atoms with Crippen LogP contribution in [-0.2, 0) is 12.8 Å². The maximum absolute atomic E-state index is 12.9. The molecule has 0 saturated carbocycles. The fourth-order valence-corrected chi connectivity index (χ4v) is 5.15. The standard InChI is InChI=1S/C26H23N3O2S/c27-22-20-15-18-9-5-2-6-10-21(18)29-26(20)32-24(22)25(31)28-19-13-11-17(12-14-19)23(30)16-7-3-1-4-8-16/h1,3-4,7-8,11-15H,2,5-6,9-10,27H2,(H,28,31). The van der Waals surface area contributed by atoms with Gasteiger partial charge in [-0.3, -0.25) is 9.59 Å². The molecule has 160 valence electrons. The first-order valence-corrected chi connectivity index (χ1v) is 11.6. The van der Waals surface area contributed by atoms with Crippen molar-refractivity contribution in [1.29, 1.82) is 0 Å². The summed E-state index contributed by atoms with van der Waals surface area (Å²) in [6.07, 6.45) is 5.55. The molecule has 2 aromatic carbocycles. The Bertz CT molecular complexity index is 1310. The van der Waals surface area contributed by atoms with E-state index < -0.39 is 0 Å². The molecule has 0 unspecified atom stereocenters. The number of carbonyl (C=O) groups excluding carboxylic acids is 2. The molecule has 5 nitrogen and oxygen atoms in total. The number of aryl methyl sites for hydroxylation is 2. The lowest BCUT2D eigenvalue weighted by Gasteiger charge is -2.06. The second-order valence-corrected chi connectivity index (χ2v) is 9.08. The minimum atomic E-state index is -0.261. The maximum atomic E-state index is 12.9. The van der Waals surface area contributed by atoms with E-state index >= 15 is 0 Å². The normalized spacial score (nSPS) is 13.4. The van der Waals surface area contributed by atoms with Gasteiger partial charge in [0.1, 0.15) is 9.71 Å². The Morgan fingerprint density at radius 1 is 0.906 bits per heavy atom. The van der Waals surface area contributed by atoms with E-state index in [-0.39, 0.29) is 11.7 Å². The number of carbonyl (C=O) groups is 2. The summed E-state index contributed by atoms with van der Waals surface area (Å²) in [5.74, 6) is -0.314. The van der Waals surface area contributed by atoms with Crippen molar-refractivity contribution < 1.29 is 9.59 Å². The number of ketones is 1. The lowest BCUT2D eigenvalue weighted by molar-refractivity contribution is 0.102. The van der Waals surface area contributed by atoms with Crippen molar-refractivity contribution in [2.75, 3.05) is 11.1 Å². The molecule has 5 rings (SSSR count). The molecule has 32 heavy (non-hydrogen) atoms. The second kappa shape index (κ2) is 8.55. The van der Waals surface area contributed by atoms with Gasteiger partial charge in [-0.25, -0.2) is 4.98 Å². The molecule has 1 aliphatic rings. The topological polar surface area (TPSA) is 85.1 Å². The number of fused-ring (bicyclic) bond motifs is 2. The number of benzene rings is 2. The summed E-state index contributed by atoms with van der Waals surface area (Å²) in [6.45, 7) is 0. The van der Waals surface area contributed by atoms with Gasteiger partial charge in [0.25, 0.3) is 5.91 Å². The Morgan fingerprint density at radius 2 is 1.62 bits per heavy atom. The van der Waals surface area contributed by atoms with Gasteiger partial charge in [0.05, 0.1) is 5.69 Å². The quantitative estimate of drug-likeness (QED) is 0.317. The maximum Gasteiger partial charge on any atom is 0.267 e. The molecular weight excluding hydrogens is 418 g/mol. The SMILES string of the molecule is Nc1c(C(=O)Nc2ccc(C(=O)c3ccccc3)cc2)sc2nc3c(cc12)CCCCC3. The van der Waals surface area contributed by atoms with Gasteiger partial charge in [0.15, 0.2) is 5.78 Å². The van der Waals surface area contributed by atoms with Crippen LogP contribution in [0.4, 0.5) is 11.4 Å². The number of hydrogen-bond donors (Lipinski definition) is 2. The van der Waals surface area contributed by atoms with E-state index in [0.717, 1.165) is 35.2 Å². The molecule has 0 spiro atoms. The van der Waals surface area contributed by atoms with E-state index in [4.69, 9.17) is 10.7 Å². The lowest BCUT2D eigenvalue weighted by atomic mass is 10.0. The molecule has 0 aliphatic heterocycles. The molecule has 6 heteroatoms. The summed E-state index contributed by atoms with van der Waals surface area (Å²) in [4.78, 5) is 31.6. The van der Waals surface area contributed by atoms with Gasteiger partial charge in [0, 0.05) is 27.9 Å². The average Bonchev–Trinajstić information content (AvgIpc) is 2.98. The third-order valence-corrected chi connectivity index (χ3v) is 7.01. The summed E-state index contributed by atoms with van der Waals surface area (Å²) in [7, 11) is 0. The smallest absolute Gasteiger partial charge is 0.267 e. The number of amides is 1. The molecule has 0 saturated heterocycles. The summed E-state index contributed by atoms with van der Waals surface area (Å²) in [6, 6.07) is 18.2. The summed E-state index contributed by atoms with van der Waals surface area (Å²) in [5.41, 5.74) is 11.1. The predicted molar refractivity (Wildman–Crippen MR) is 130 cm³/mol. The third kappa shape index (κ3) is 3.89. The van der Waals surface area contributed by atoms with E-state index in [0.29, 0.717) is 27.4 Å². The van der Waals surface area contributed by atoms with Crippen LogP contribution in [0.15, 0.2) is 60.7 Å². The second-order valence-electron chi connectivity index (χ2n) is 8.08. The van der Waals surface area contributed by atoms with Crippen LogP contribution in [0.2, 0.25) is 0 Å². The largest absolute Gasteiger partial charge is 0.397 e. The van der Waals surface area contributed by atoms with Crippen LogP contribution in [0.25, 0.3) is 10.2 Å². The average molecular weight is 442 g/mol. The summed E-state index contributed by atoms with van der Waals surface area (Å²) in [5, 5.41) is 3.76. The zero-order valence-electron chi connectivity index (χ0n) is 17.6. The summed E-state index contributed by atoms with van der Waals surface area (Å²) >= 11 is 1.33. The van der Waals surface area contributed by atoms with E-state index in [2.05, 4.69) is 11.4 Å². The Labute approximate surface area is 190 Å². The molecule has 3 N–H and O–H groups in total. The molecule has 2 heterocycles. The predicted octanol–water partition coefficient (Wildman–Crippen LogP) is 5.63. The van der Waals surface area contributed by atoms with Crippen molar-refractivity contribution in [3.05, 3.63) is 87.9 Å². The Kier molecular flexibility index (Phi) is 5.45. The number of anilines is 2. The lowest BCUT2D eigenvalue weighted by Crippen LogP contribution is -2.12. The highest BCUT2D eigenvalue weighted by Gasteiger charge is 2.20. The highest BCUT2D eigenvalue weighted by atomic mass is 32.1. The highest BCUT2D eigenvalue weighted by Crippen LogP contribution is 2.35. The number of nitrogens with zero attached hydrogens (tertiary/aromatic N) is 1. The van der Waals surface area contributed by atoms with Gasteiger partial charge < -0.3 is 11.1 Å². The Hall–Kier alpha value is -3.51. The van der Waals surface area contributed by atoms with E-state index in [1.165, 1.54) is 29.7 Å². The van der Waals surface area contributed by atoms with Gasteiger partial charge in [-0.1, -0.05) is 36.8 Å². The van der Waals surface area contributed by atoms with Crippen LogP contribution in [0, 0.1) is 0 Å². The van der Waals surface area contributed by atoms with Gasteiger partial charge in [-0.15, -0.1) is 11.3 Å². The molecule has 0 radical (unpaired) electrons. The van der Waals surface area contributed by atoms with Crippen LogP contribution >= 0.6 is 11.3 Å². The first-order chi connectivity index (χ1) is 15.6. The number of thiophene rings is 1. The molecule has 4 aromatic rings. The van der Waals surface area contributed by atoms with Gasteiger partial charge in [-0.2, -0.15) is 0 Å². The molecular formula is C26H23N3O2S. The van der Waals surface area contributed by atoms with Crippen molar-refractivity contribution in [2.24, 2.45) is 0 Å². The zero-order chi connectivity index (χ0) is 22.1. The third-order valence-electron chi connectivity index (χ3n) is 5.90.